The fourth-order valence-electron chi connectivity index (χ4n) is 2.36. The van der Waals surface area contributed by atoms with Crippen molar-refractivity contribution in [3.63, 3.8) is 0 Å². The number of aliphatic imine (C=N–C) groups is 1. The summed E-state index contributed by atoms with van der Waals surface area (Å²) in [5.74, 6) is -0.414. The molecule has 1 fully saturated rings. The van der Waals surface area contributed by atoms with Crippen LogP contribution in [0.3, 0.4) is 0 Å². The van der Waals surface area contributed by atoms with Crippen LogP contribution in [0.15, 0.2) is 53.5 Å². The van der Waals surface area contributed by atoms with Gasteiger partial charge in [0.1, 0.15) is 5.25 Å². The Morgan fingerprint density at radius 1 is 1.19 bits per heavy atom. The van der Waals surface area contributed by atoms with Crippen LogP contribution in [0, 0.1) is 0 Å². The van der Waals surface area contributed by atoms with Gasteiger partial charge in [-0.15, -0.1) is 0 Å². The van der Waals surface area contributed by atoms with E-state index in [1.165, 1.54) is 16.7 Å². The van der Waals surface area contributed by atoms with Gasteiger partial charge in [-0.25, -0.2) is 4.99 Å². The molecule has 1 aliphatic heterocycles. The molecule has 0 bridgehead atoms. The summed E-state index contributed by atoms with van der Waals surface area (Å²) < 4.78 is 0. The lowest BCUT2D eigenvalue weighted by molar-refractivity contribution is -0.128. The molecule has 1 aliphatic rings. The summed E-state index contributed by atoms with van der Waals surface area (Å²) in [5.41, 5.74) is 1.21. The van der Waals surface area contributed by atoms with Crippen LogP contribution in [0.2, 0.25) is 10.0 Å². The van der Waals surface area contributed by atoms with E-state index in [4.69, 9.17) is 23.2 Å². The number of carbonyl (C=O) groups is 2. The van der Waals surface area contributed by atoms with Gasteiger partial charge in [0.25, 0.3) is 0 Å². The third-order valence-electron chi connectivity index (χ3n) is 3.67. The maximum Gasteiger partial charge on any atom is 0.238 e. The Balaban J connectivity index is 1.81. The topological polar surface area (TPSA) is 61.8 Å². The highest BCUT2D eigenvalue weighted by molar-refractivity contribution is 8.15. The highest BCUT2D eigenvalue weighted by atomic mass is 35.5. The maximum absolute atomic E-state index is 12.5. The number of para-hydroxylation sites is 1. The second-order valence-electron chi connectivity index (χ2n) is 5.64. The number of amides is 2. The first-order valence-electron chi connectivity index (χ1n) is 7.76. The minimum absolute atomic E-state index is 0.106. The summed E-state index contributed by atoms with van der Waals surface area (Å²) in [6.07, 6.45) is 0.106. The molecule has 1 atom stereocenters. The highest BCUT2D eigenvalue weighted by Crippen LogP contribution is 2.31. The fraction of sp³-hybridized carbons (Fsp3) is 0.167. The Hall–Kier alpha value is -2.02. The molecule has 1 heterocycles. The summed E-state index contributed by atoms with van der Waals surface area (Å²) in [6, 6.07) is 14.0. The van der Waals surface area contributed by atoms with E-state index in [1.54, 1.807) is 37.4 Å². The third kappa shape index (κ3) is 4.58. The Morgan fingerprint density at radius 2 is 1.85 bits per heavy atom. The SMILES string of the molecule is CN1C(=O)C[C@@H](C(=O)Nc2ccccc2)SC1=Nc1cc(Cl)cc(Cl)c1. The van der Waals surface area contributed by atoms with E-state index in [0.29, 0.717) is 26.6 Å². The van der Waals surface area contributed by atoms with E-state index in [-0.39, 0.29) is 18.2 Å². The zero-order valence-electron chi connectivity index (χ0n) is 13.8. The second kappa shape index (κ2) is 8.12. The number of hydrogen-bond acceptors (Lipinski definition) is 4. The number of nitrogens with zero attached hydrogens (tertiary/aromatic N) is 2. The second-order valence-corrected chi connectivity index (χ2v) is 7.68. The molecule has 1 N–H and O–H groups in total. The molecule has 0 saturated carbocycles. The van der Waals surface area contributed by atoms with Crippen molar-refractivity contribution in [3.8, 4) is 0 Å². The smallest absolute Gasteiger partial charge is 0.238 e. The van der Waals surface area contributed by atoms with Gasteiger partial charge in [-0.05, 0) is 30.3 Å². The minimum atomic E-state index is -0.563. The average Bonchev–Trinajstić information content (AvgIpc) is 2.58. The van der Waals surface area contributed by atoms with Crippen LogP contribution in [-0.2, 0) is 9.59 Å². The number of amidine groups is 1. The first kappa shape index (κ1) is 18.8. The van der Waals surface area contributed by atoms with Gasteiger partial charge < -0.3 is 5.32 Å². The van der Waals surface area contributed by atoms with Crippen molar-refractivity contribution in [1.82, 2.24) is 4.90 Å². The molecule has 2 aromatic rings. The maximum atomic E-state index is 12.5. The fourth-order valence-corrected chi connectivity index (χ4v) is 3.94. The number of carbonyl (C=O) groups excluding carboxylic acids is 2. The number of rotatable bonds is 3. The highest BCUT2D eigenvalue weighted by Gasteiger charge is 2.34. The molecule has 3 rings (SSSR count). The van der Waals surface area contributed by atoms with Crippen LogP contribution >= 0.6 is 35.0 Å². The molecule has 8 heteroatoms. The lowest BCUT2D eigenvalue weighted by atomic mass is 10.2. The molecule has 0 unspecified atom stereocenters. The quantitative estimate of drug-likeness (QED) is 0.809. The van der Waals surface area contributed by atoms with Gasteiger partial charge in [0.15, 0.2) is 5.17 Å². The molecule has 26 heavy (non-hydrogen) atoms. The number of anilines is 1. The van der Waals surface area contributed by atoms with E-state index in [0.717, 1.165) is 0 Å². The molecular weight excluding hydrogens is 393 g/mol. The van der Waals surface area contributed by atoms with E-state index < -0.39 is 5.25 Å². The number of nitrogens with one attached hydrogen (secondary N) is 1. The number of benzene rings is 2. The van der Waals surface area contributed by atoms with E-state index >= 15 is 0 Å². The lowest BCUT2D eigenvalue weighted by Gasteiger charge is -2.28. The minimum Gasteiger partial charge on any atom is -0.325 e. The van der Waals surface area contributed by atoms with E-state index in [1.807, 2.05) is 18.2 Å². The van der Waals surface area contributed by atoms with Gasteiger partial charge in [-0.2, -0.15) is 0 Å². The average molecular weight is 408 g/mol. The van der Waals surface area contributed by atoms with Crippen LogP contribution < -0.4 is 5.32 Å². The molecular formula is C18H15Cl2N3O2S. The van der Waals surface area contributed by atoms with Crippen molar-refractivity contribution in [3.05, 3.63) is 58.6 Å². The van der Waals surface area contributed by atoms with Gasteiger partial charge in [0.2, 0.25) is 11.8 Å². The first-order chi connectivity index (χ1) is 12.4. The van der Waals surface area contributed by atoms with Gasteiger partial charge in [0.05, 0.1) is 5.69 Å². The monoisotopic (exact) mass is 407 g/mol. The molecule has 0 spiro atoms. The van der Waals surface area contributed by atoms with Crippen molar-refractivity contribution < 1.29 is 9.59 Å². The zero-order chi connectivity index (χ0) is 18.7. The van der Waals surface area contributed by atoms with Crippen LogP contribution in [0.4, 0.5) is 11.4 Å². The van der Waals surface area contributed by atoms with Gasteiger partial charge in [-0.1, -0.05) is 53.2 Å². The summed E-state index contributed by atoms with van der Waals surface area (Å²) in [5, 5.41) is 3.58. The van der Waals surface area contributed by atoms with Crippen molar-refractivity contribution in [2.75, 3.05) is 12.4 Å². The van der Waals surface area contributed by atoms with Crippen LogP contribution in [0.25, 0.3) is 0 Å². The molecule has 1 saturated heterocycles. The van der Waals surface area contributed by atoms with Crippen molar-refractivity contribution in [2.45, 2.75) is 11.7 Å². The zero-order valence-corrected chi connectivity index (χ0v) is 16.1. The predicted molar refractivity (Wildman–Crippen MR) is 107 cm³/mol. The Kier molecular flexibility index (Phi) is 5.86. The Labute approximate surface area is 165 Å². The third-order valence-corrected chi connectivity index (χ3v) is 5.35. The van der Waals surface area contributed by atoms with E-state index in [2.05, 4.69) is 10.3 Å². The van der Waals surface area contributed by atoms with Crippen LogP contribution in [0.5, 0.6) is 0 Å². The largest absolute Gasteiger partial charge is 0.325 e. The Morgan fingerprint density at radius 3 is 2.50 bits per heavy atom. The Bertz CT molecular complexity index is 854. The predicted octanol–water partition coefficient (Wildman–Crippen LogP) is 4.58. The van der Waals surface area contributed by atoms with E-state index in [9.17, 15) is 9.59 Å². The van der Waals surface area contributed by atoms with Gasteiger partial charge in [-0.3, -0.25) is 14.5 Å². The summed E-state index contributed by atoms with van der Waals surface area (Å²) >= 11 is 13.2. The van der Waals surface area contributed by atoms with Crippen LogP contribution in [-0.4, -0.2) is 34.2 Å². The molecule has 0 aromatic heterocycles. The number of halogens is 2. The lowest BCUT2D eigenvalue weighted by Crippen LogP contribution is -2.43. The molecule has 2 amide bonds. The number of hydrogen-bond donors (Lipinski definition) is 1. The summed E-state index contributed by atoms with van der Waals surface area (Å²) in [4.78, 5) is 30.7. The standard InChI is InChI=1S/C18H15Cl2N3O2S/c1-23-16(24)10-15(17(25)21-13-5-3-2-4-6-13)26-18(23)22-14-8-11(19)7-12(20)9-14/h2-9,15H,10H2,1H3,(H,21,25)/t15-/m0/s1. The molecule has 2 aromatic carbocycles. The normalized spacial score (nSPS) is 18.9. The molecule has 0 radical (unpaired) electrons. The number of thioether (sulfide) groups is 1. The van der Waals surface area contributed by atoms with Crippen molar-refractivity contribution in [1.29, 1.82) is 0 Å². The van der Waals surface area contributed by atoms with Crippen LogP contribution in [0.1, 0.15) is 6.42 Å². The molecule has 5 nitrogen and oxygen atoms in total. The summed E-state index contributed by atoms with van der Waals surface area (Å²) in [6.45, 7) is 0. The first-order valence-corrected chi connectivity index (χ1v) is 9.40. The van der Waals surface area contributed by atoms with Crippen molar-refractivity contribution >= 4 is 63.3 Å². The van der Waals surface area contributed by atoms with Crippen molar-refractivity contribution in [2.24, 2.45) is 4.99 Å². The summed E-state index contributed by atoms with van der Waals surface area (Å²) in [7, 11) is 1.63. The van der Waals surface area contributed by atoms with Gasteiger partial charge in [0, 0.05) is 29.2 Å². The van der Waals surface area contributed by atoms with Gasteiger partial charge >= 0.3 is 0 Å². The molecule has 134 valence electrons. The molecule has 0 aliphatic carbocycles.